The van der Waals surface area contributed by atoms with Gasteiger partial charge in [-0.2, -0.15) is 0 Å². The summed E-state index contributed by atoms with van der Waals surface area (Å²) in [6.07, 6.45) is 4.40. The fraction of sp³-hybridized carbons (Fsp3) is 0.562. The molecule has 1 N–H and O–H groups in total. The van der Waals surface area contributed by atoms with Crippen molar-refractivity contribution in [1.29, 1.82) is 0 Å². The monoisotopic (exact) mass is 264 g/mol. The topological polar surface area (TPSA) is 46.5 Å². The van der Waals surface area contributed by atoms with E-state index < -0.39 is 5.97 Å². The highest BCUT2D eigenvalue weighted by Crippen LogP contribution is 2.18. The number of benzene rings is 1. The maximum atomic E-state index is 11.1. The molecule has 0 fully saturated rings. The van der Waals surface area contributed by atoms with Crippen molar-refractivity contribution in [2.45, 2.75) is 46.0 Å². The smallest absolute Gasteiger partial charge is 0.306 e. The van der Waals surface area contributed by atoms with Crippen LogP contribution < -0.4 is 4.74 Å². The highest BCUT2D eigenvalue weighted by molar-refractivity contribution is 5.70. The van der Waals surface area contributed by atoms with Crippen LogP contribution in [0.15, 0.2) is 24.3 Å². The van der Waals surface area contributed by atoms with Gasteiger partial charge in [0.1, 0.15) is 5.75 Å². The lowest BCUT2D eigenvalue weighted by molar-refractivity contribution is -0.141. The fourth-order valence-electron chi connectivity index (χ4n) is 2.00. The molecule has 0 saturated carbocycles. The Morgan fingerprint density at radius 1 is 1.21 bits per heavy atom. The van der Waals surface area contributed by atoms with Crippen LogP contribution in [0.25, 0.3) is 0 Å². The molecule has 0 aliphatic heterocycles. The standard InChI is InChI=1S/C16H24O3/c1-3-5-11-19-15-9-7-13(8-10-15)12-14(6-4-2)16(17)18/h7-10,14H,3-6,11-12H2,1-2H3,(H,17,18). The third-order valence-corrected chi connectivity index (χ3v) is 3.16. The van der Waals surface area contributed by atoms with Crippen molar-refractivity contribution in [3.8, 4) is 5.75 Å². The number of hydrogen-bond donors (Lipinski definition) is 1. The summed E-state index contributed by atoms with van der Waals surface area (Å²) in [6.45, 7) is 4.89. The number of carboxylic acid groups (broad SMARTS) is 1. The van der Waals surface area contributed by atoms with E-state index in [9.17, 15) is 4.79 Å². The Balaban J connectivity index is 2.52. The van der Waals surface area contributed by atoms with Gasteiger partial charge in [-0.05, 0) is 37.0 Å². The number of rotatable bonds is 9. The van der Waals surface area contributed by atoms with E-state index in [1.807, 2.05) is 31.2 Å². The summed E-state index contributed by atoms with van der Waals surface area (Å²) in [5.74, 6) is -0.124. The van der Waals surface area contributed by atoms with Gasteiger partial charge in [-0.15, -0.1) is 0 Å². The highest BCUT2D eigenvalue weighted by Gasteiger charge is 2.16. The van der Waals surface area contributed by atoms with Crippen molar-refractivity contribution in [2.24, 2.45) is 5.92 Å². The lowest BCUT2D eigenvalue weighted by atomic mass is 9.95. The second-order valence-electron chi connectivity index (χ2n) is 4.87. The average Bonchev–Trinajstić information content (AvgIpc) is 2.40. The van der Waals surface area contributed by atoms with Gasteiger partial charge >= 0.3 is 5.97 Å². The van der Waals surface area contributed by atoms with Crippen molar-refractivity contribution in [3.63, 3.8) is 0 Å². The Hall–Kier alpha value is -1.51. The van der Waals surface area contributed by atoms with Gasteiger partial charge in [0.15, 0.2) is 0 Å². The first-order chi connectivity index (χ1) is 9.17. The van der Waals surface area contributed by atoms with Crippen LogP contribution in [0.1, 0.15) is 45.1 Å². The second-order valence-corrected chi connectivity index (χ2v) is 4.87. The average molecular weight is 264 g/mol. The predicted octanol–water partition coefficient (Wildman–Crippen LogP) is 3.91. The number of carboxylic acids is 1. The quantitative estimate of drug-likeness (QED) is 0.688. The molecule has 0 aliphatic rings. The first-order valence-electron chi connectivity index (χ1n) is 7.11. The molecule has 1 rings (SSSR count). The molecule has 0 amide bonds. The Labute approximate surface area is 115 Å². The molecule has 0 spiro atoms. The van der Waals surface area contributed by atoms with Crippen LogP contribution in [0.4, 0.5) is 0 Å². The van der Waals surface area contributed by atoms with Gasteiger partial charge in [0.05, 0.1) is 12.5 Å². The minimum atomic E-state index is -0.704. The zero-order valence-corrected chi connectivity index (χ0v) is 11.9. The molecule has 0 radical (unpaired) electrons. The largest absolute Gasteiger partial charge is 0.494 e. The third-order valence-electron chi connectivity index (χ3n) is 3.16. The molecule has 19 heavy (non-hydrogen) atoms. The molecule has 0 saturated heterocycles. The van der Waals surface area contributed by atoms with Gasteiger partial charge < -0.3 is 9.84 Å². The minimum absolute atomic E-state index is 0.281. The molecule has 1 unspecified atom stereocenters. The van der Waals surface area contributed by atoms with Crippen LogP contribution >= 0.6 is 0 Å². The van der Waals surface area contributed by atoms with Crippen LogP contribution in [0.2, 0.25) is 0 Å². The highest BCUT2D eigenvalue weighted by atomic mass is 16.5. The van der Waals surface area contributed by atoms with Crippen molar-refractivity contribution in [3.05, 3.63) is 29.8 Å². The summed E-state index contributed by atoms with van der Waals surface area (Å²) in [7, 11) is 0. The summed E-state index contributed by atoms with van der Waals surface area (Å²) in [6, 6.07) is 7.78. The Morgan fingerprint density at radius 3 is 2.42 bits per heavy atom. The Kier molecular flexibility index (Phi) is 7.01. The number of carbonyl (C=O) groups is 1. The summed E-state index contributed by atoms with van der Waals surface area (Å²) in [5.41, 5.74) is 1.06. The number of hydrogen-bond acceptors (Lipinski definition) is 2. The third kappa shape index (κ3) is 5.77. The second kappa shape index (κ2) is 8.57. The van der Waals surface area contributed by atoms with Gasteiger partial charge in [-0.3, -0.25) is 4.79 Å². The molecule has 1 aromatic carbocycles. The van der Waals surface area contributed by atoms with E-state index in [-0.39, 0.29) is 5.92 Å². The van der Waals surface area contributed by atoms with Crippen LogP contribution in [0.5, 0.6) is 5.75 Å². The molecule has 106 valence electrons. The van der Waals surface area contributed by atoms with E-state index in [0.29, 0.717) is 6.42 Å². The molecule has 0 bridgehead atoms. The molecule has 1 aromatic rings. The van der Waals surface area contributed by atoms with Crippen molar-refractivity contribution < 1.29 is 14.6 Å². The van der Waals surface area contributed by atoms with E-state index >= 15 is 0 Å². The SMILES string of the molecule is CCCCOc1ccc(CC(CCC)C(=O)O)cc1. The normalized spacial score (nSPS) is 12.1. The number of unbranched alkanes of at least 4 members (excludes halogenated alkanes) is 1. The fourth-order valence-corrected chi connectivity index (χ4v) is 2.00. The molecule has 3 heteroatoms. The zero-order chi connectivity index (χ0) is 14.1. The van der Waals surface area contributed by atoms with Crippen LogP contribution in [-0.2, 0) is 11.2 Å². The van der Waals surface area contributed by atoms with E-state index in [2.05, 4.69) is 6.92 Å². The number of ether oxygens (including phenoxy) is 1. The Bertz CT molecular complexity index is 370. The van der Waals surface area contributed by atoms with Gasteiger partial charge in [0, 0.05) is 0 Å². The minimum Gasteiger partial charge on any atom is -0.494 e. The number of aliphatic carboxylic acids is 1. The molecule has 0 heterocycles. The first kappa shape index (κ1) is 15.5. The van der Waals surface area contributed by atoms with Crippen LogP contribution in [0.3, 0.4) is 0 Å². The summed E-state index contributed by atoms with van der Waals surface area (Å²) >= 11 is 0. The summed E-state index contributed by atoms with van der Waals surface area (Å²) < 4.78 is 5.59. The van der Waals surface area contributed by atoms with Crippen molar-refractivity contribution in [1.82, 2.24) is 0 Å². The van der Waals surface area contributed by atoms with E-state index in [1.54, 1.807) is 0 Å². The van der Waals surface area contributed by atoms with Crippen molar-refractivity contribution >= 4 is 5.97 Å². The molecule has 1 atom stereocenters. The van der Waals surface area contributed by atoms with E-state index in [0.717, 1.165) is 43.6 Å². The van der Waals surface area contributed by atoms with Gasteiger partial charge in [0.25, 0.3) is 0 Å². The first-order valence-corrected chi connectivity index (χ1v) is 7.11. The maximum Gasteiger partial charge on any atom is 0.306 e. The molecule has 3 nitrogen and oxygen atoms in total. The van der Waals surface area contributed by atoms with Gasteiger partial charge in [-0.1, -0.05) is 38.8 Å². The predicted molar refractivity (Wildman–Crippen MR) is 76.6 cm³/mol. The summed E-state index contributed by atoms with van der Waals surface area (Å²) in [4.78, 5) is 11.1. The summed E-state index contributed by atoms with van der Waals surface area (Å²) in [5, 5.41) is 9.14. The van der Waals surface area contributed by atoms with Gasteiger partial charge in [0.2, 0.25) is 0 Å². The Morgan fingerprint density at radius 2 is 1.89 bits per heavy atom. The van der Waals surface area contributed by atoms with Crippen LogP contribution in [-0.4, -0.2) is 17.7 Å². The van der Waals surface area contributed by atoms with E-state index in [4.69, 9.17) is 9.84 Å². The molecular formula is C16H24O3. The maximum absolute atomic E-state index is 11.1. The van der Waals surface area contributed by atoms with Crippen LogP contribution in [0, 0.1) is 5.92 Å². The lowest BCUT2D eigenvalue weighted by Crippen LogP contribution is -2.16. The van der Waals surface area contributed by atoms with Gasteiger partial charge in [-0.25, -0.2) is 0 Å². The van der Waals surface area contributed by atoms with Crippen molar-refractivity contribution in [2.75, 3.05) is 6.61 Å². The lowest BCUT2D eigenvalue weighted by Gasteiger charge is -2.12. The molecule has 0 aromatic heterocycles. The molecular weight excluding hydrogens is 240 g/mol. The van der Waals surface area contributed by atoms with E-state index in [1.165, 1.54) is 0 Å². The molecule has 0 aliphatic carbocycles. The zero-order valence-electron chi connectivity index (χ0n) is 11.9.